The van der Waals surface area contributed by atoms with Crippen molar-refractivity contribution in [1.82, 2.24) is 34.7 Å². The summed E-state index contributed by atoms with van der Waals surface area (Å²) in [5.74, 6) is 0.488. The third kappa shape index (κ3) is 3.14. The molecule has 3 aromatic rings. The number of rotatable bonds is 3. The first kappa shape index (κ1) is 13.4. The number of aryl methyl sites for hydroxylation is 2. The van der Waals surface area contributed by atoms with Crippen molar-refractivity contribution in [3.05, 3.63) is 35.9 Å². The van der Waals surface area contributed by atoms with Crippen LogP contribution in [0.3, 0.4) is 0 Å². The second-order valence-corrected chi connectivity index (χ2v) is 5.20. The minimum atomic E-state index is 0.127. The van der Waals surface area contributed by atoms with Gasteiger partial charge in [-0.3, -0.25) is 0 Å². The number of nitrogens with zero attached hydrogens (tertiary/aromatic N) is 7. The van der Waals surface area contributed by atoms with E-state index >= 15 is 0 Å². The quantitative estimate of drug-likeness (QED) is 0.719. The molecule has 0 aliphatic rings. The molecule has 0 saturated carbocycles. The smallest absolute Gasteiger partial charge is 0.256 e. The largest absolute Gasteiger partial charge is 0.368 e. The molecule has 0 fully saturated rings. The first-order valence-electron chi connectivity index (χ1n) is 6.12. The summed E-state index contributed by atoms with van der Waals surface area (Å²) >= 11 is 1.24. The Morgan fingerprint density at radius 1 is 1.00 bits per heavy atom. The van der Waals surface area contributed by atoms with E-state index in [9.17, 15) is 0 Å². The Labute approximate surface area is 124 Å². The number of anilines is 1. The van der Waals surface area contributed by atoms with Gasteiger partial charge in [0.2, 0.25) is 11.1 Å². The van der Waals surface area contributed by atoms with E-state index in [1.165, 1.54) is 16.4 Å². The molecule has 3 heterocycles. The Bertz CT molecular complexity index is 751. The van der Waals surface area contributed by atoms with Gasteiger partial charge in [-0.2, -0.15) is 20.1 Å². The van der Waals surface area contributed by atoms with Gasteiger partial charge in [-0.15, -0.1) is 0 Å². The lowest BCUT2D eigenvalue weighted by atomic mass is 10.4. The van der Waals surface area contributed by atoms with Crippen LogP contribution >= 0.6 is 11.8 Å². The summed E-state index contributed by atoms with van der Waals surface area (Å²) in [5.41, 5.74) is 7.50. The highest BCUT2D eigenvalue weighted by molar-refractivity contribution is 7.99. The minimum absolute atomic E-state index is 0.127. The fraction of sp³-hybridized carbons (Fsp3) is 0.167. The number of nitrogens with two attached hydrogens (primary N) is 1. The van der Waals surface area contributed by atoms with Gasteiger partial charge in [0, 0.05) is 23.8 Å². The molecule has 3 aromatic heterocycles. The molecule has 0 radical (unpaired) electrons. The lowest BCUT2D eigenvalue weighted by Gasteiger charge is -2.04. The molecule has 0 aliphatic heterocycles. The molecule has 0 aliphatic carbocycles. The highest BCUT2D eigenvalue weighted by Gasteiger charge is 2.10. The number of hydrogen-bond acceptors (Lipinski definition) is 8. The van der Waals surface area contributed by atoms with Crippen molar-refractivity contribution < 1.29 is 0 Å². The first-order valence-corrected chi connectivity index (χ1v) is 6.93. The molecule has 2 N–H and O–H groups in total. The Morgan fingerprint density at radius 3 is 2.38 bits per heavy atom. The molecule has 0 bridgehead atoms. The van der Waals surface area contributed by atoms with Gasteiger partial charge in [0.1, 0.15) is 0 Å². The lowest BCUT2D eigenvalue weighted by molar-refractivity contribution is 0.762. The third-order valence-corrected chi connectivity index (χ3v) is 3.20. The molecule has 106 valence electrons. The average molecular weight is 300 g/mol. The van der Waals surface area contributed by atoms with Crippen LogP contribution in [-0.2, 0) is 0 Å². The normalized spacial score (nSPS) is 10.8. The minimum Gasteiger partial charge on any atom is -0.368 e. The molecule has 0 atom stereocenters. The molecule has 3 rings (SSSR count). The van der Waals surface area contributed by atoms with Crippen molar-refractivity contribution in [2.45, 2.75) is 24.2 Å². The summed E-state index contributed by atoms with van der Waals surface area (Å²) in [6, 6.07) is 3.68. The molecule has 9 heteroatoms. The summed E-state index contributed by atoms with van der Waals surface area (Å²) < 4.78 is 1.52. The standard InChI is InChI=1S/C12H12N8S/c1-7-6-8(2)16-11(15-7)21-12-18-9(13)17-10(19-12)20-5-3-4-14-20/h3-6H,1-2H3,(H2,13,17,18,19). The second-order valence-electron chi connectivity index (χ2n) is 4.26. The van der Waals surface area contributed by atoms with Crippen molar-refractivity contribution >= 4 is 17.7 Å². The zero-order chi connectivity index (χ0) is 14.8. The summed E-state index contributed by atoms with van der Waals surface area (Å²) in [5, 5.41) is 5.07. The van der Waals surface area contributed by atoms with Crippen LogP contribution in [0, 0.1) is 13.8 Å². The predicted octanol–water partition coefficient (Wildman–Crippen LogP) is 1.20. The first-order chi connectivity index (χ1) is 10.1. The summed E-state index contributed by atoms with van der Waals surface area (Å²) in [4.78, 5) is 21.1. The Balaban J connectivity index is 1.95. The molecular formula is C12H12N8S. The van der Waals surface area contributed by atoms with Gasteiger partial charge < -0.3 is 5.73 Å². The van der Waals surface area contributed by atoms with Crippen molar-refractivity contribution in [3.63, 3.8) is 0 Å². The van der Waals surface area contributed by atoms with Gasteiger partial charge in [0.25, 0.3) is 5.95 Å². The Hall–Kier alpha value is -2.55. The van der Waals surface area contributed by atoms with E-state index in [0.29, 0.717) is 16.3 Å². The van der Waals surface area contributed by atoms with Crippen LogP contribution in [-0.4, -0.2) is 34.7 Å². The van der Waals surface area contributed by atoms with Crippen LogP contribution in [0.15, 0.2) is 34.8 Å². The molecule has 0 amide bonds. The van der Waals surface area contributed by atoms with Crippen LogP contribution < -0.4 is 5.73 Å². The van der Waals surface area contributed by atoms with Gasteiger partial charge in [-0.1, -0.05) is 0 Å². The molecule has 0 unspecified atom stereocenters. The van der Waals surface area contributed by atoms with E-state index in [2.05, 4.69) is 30.0 Å². The van der Waals surface area contributed by atoms with E-state index in [-0.39, 0.29) is 5.95 Å². The molecular weight excluding hydrogens is 288 g/mol. The van der Waals surface area contributed by atoms with Crippen molar-refractivity contribution in [1.29, 1.82) is 0 Å². The zero-order valence-corrected chi connectivity index (χ0v) is 12.2. The fourth-order valence-electron chi connectivity index (χ4n) is 1.72. The second kappa shape index (κ2) is 5.44. The monoisotopic (exact) mass is 300 g/mol. The van der Waals surface area contributed by atoms with Crippen LogP contribution in [0.4, 0.5) is 5.95 Å². The predicted molar refractivity (Wildman–Crippen MR) is 77.0 cm³/mol. The SMILES string of the molecule is Cc1cc(C)nc(Sc2nc(N)nc(-n3cccn3)n2)n1. The van der Waals surface area contributed by atoms with Gasteiger partial charge >= 0.3 is 0 Å². The lowest BCUT2D eigenvalue weighted by Crippen LogP contribution is -2.07. The van der Waals surface area contributed by atoms with Gasteiger partial charge in [0.05, 0.1) is 0 Å². The molecule has 0 aromatic carbocycles. The van der Waals surface area contributed by atoms with Gasteiger partial charge in [-0.05, 0) is 37.7 Å². The van der Waals surface area contributed by atoms with Crippen LogP contribution in [0.5, 0.6) is 0 Å². The maximum absolute atomic E-state index is 5.72. The molecule has 21 heavy (non-hydrogen) atoms. The number of aromatic nitrogens is 7. The maximum atomic E-state index is 5.72. The molecule has 0 spiro atoms. The summed E-state index contributed by atoms with van der Waals surface area (Å²) in [6.45, 7) is 3.82. The fourth-order valence-corrected chi connectivity index (χ4v) is 2.53. The topological polar surface area (TPSA) is 108 Å². The van der Waals surface area contributed by atoms with E-state index in [1.54, 1.807) is 18.5 Å². The number of nitrogen functional groups attached to an aromatic ring is 1. The van der Waals surface area contributed by atoms with E-state index < -0.39 is 0 Å². The van der Waals surface area contributed by atoms with Crippen LogP contribution in [0.2, 0.25) is 0 Å². The highest BCUT2D eigenvalue weighted by Crippen LogP contribution is 2.22. The van der Waals surface area contributed by atoms with Crippen molar-refractivity contribution in [2.75, 3.05) is 5.73 Å². The summed E-state index contributed by atoms with van der Waals surface area (Å²) in [6.07, 6.45) is 3.37. The zero-order valence-electron chi connectivity index (χ0n) is 11.4. The van der Waals surface area contributed by atoms with Gasteiger partial charge in [-0.25, -0.2) is 14.6 Å². The molecule has 0 saturated heterocycles. The average Bonchev–Trinajstić information content (AvgIpc) is 2.90. The van der Waals surface area contributed by atoms with Gasteiger partial charge in [0.15, 0.2) is 5.16 Å². The Kier molecular flexibility index (Phi) is 3.48. The van der Waals surface area contributed by atoms with E-state index in [4.69, 9.17) is 5.73 Å². The van der Waals surface area contributed by atoms with Crippen molar-refractivity contribution in [2.24, 2.45) is 0 Å². The third-order valence-electron chi connectivity index (χ3n) is 2.47. The highest BCUT2D eigenvalue weighted by atomic mass is 32.2. The van der Waals surface area contributed by atoms with Crippen LogP contribution in [0.1, 0.15) is 11.4 Å². The van der Waals surface area contributed by atoms with E-state index in [0.717, 1.165) is 11.4 Å². The Morgan fingerprint density at radius 2 is 1.71 bits per heavy atom. The summed E-state index contributed by atoms with van der Waals surface area (Å²) in [7, 11) is 0. The van der Waals surface area contributed by atoms with E-state index in [1.807, 2.05) is 19.9 Å². The van der Waals surface area contributed by atoms with Crippen molar-refractivity contribution in [3.8, 4) is 5.95 Å². The molecule has 8 nitrogen and oxygen atoms in total. The van der Waals surface area contributed by atoms with Crippen LogP contribution in [0.25, 0.3) is 5.95 Å². The maximum Gasteiger partial charge on any atom is 0.256 e. The number of hydrogen-bond donors (Lipinski definition) is 1.